The van der Waals surface area contributed by atoms with Crippen molar-refractivity contribution in [2.24, 2.45) is 5.92 Å². The Balaban J connectivity index is 1.56. The Morgan fingerprint density at radius 3 is 2.52 bits per heavy atom. The van der Waals surface area contributed by atoms with Crippen molar-refractivity contribution >= 4 is 17.5 Å². The van der Waals surface area contributed by atoms with E-state index >= 15 is 0 Å². The van der Waals surface area contributed by atoms with Gasteiger partial charge < -0.3 is 10.2 Å². The maximum absolute atomic E-state index is 12.0. The fourth-order valence-electron chi connectivity index (χ4n) is 2.77. The van der Waals surface area contributed by atoms with Crippen molar-refractivity contribution in [2.75, 3.05) is 23.3 Å². The second kappa shape index (κ2) is 7.22. The van der Waals surface area contributed by atoms with Crippen LogP contribution in [0.5, 0.6) is 0 Å². The van der Waals surface area contributed by atoms with Crippen molar-refractivity contribution < 1.29 is 4.79 Å². The van der Waals surface area contributed by atoms with E-state index in [9.17, 15) is 4.79 Å². The molecule has 1 aromatic carbocycles. The van der Waals surface area contributed by atoms with Gasteiger partial charge in [0.05, 0.1) is 6.42 Å². The Morgan fingerprint density at radius 2 is 1.87 bits per heavy atom. The van der Waals surface area contributed by atoms with Crippen LogP contribution in [0.15, 0.2) is 42.5 Å². The van der Waals surface area contributed by atoms with E-state index in [0.717, 1.165) is 30.4 Å². The molecular formula is C18H22N4O. The van der Waals surface area contributed by atoms with E-state index in [1.807, 2.05) is 42.5 Å². The van der Waals surface area contributed by atoms with E-state index in [0.29, 0.717) is 12.2 Å². The van der Waals surface area contributed by atoms with Gasteiger partial charge in [0.25, 0.3) is 0 Å². The average Bonchev–Trinajstić information content (AvgIpc) is 2.57. The molecule has 0 spiro atoms. The van der Waals surface area contributed by atoms with Gasteiger partial charge in [-0.25, -0.2) is 0 Å². The van der Waals surface area contributed by atoms with Gasteiger partial charge in [-0.3, -0.25) is 4.79 Å². The molecule has 1 saturated heterocycles. The molecule has 1 aliphatic heterocycles. The molecule has 0 unspecified atom stereocenters. The standard InChI is InChI=1S/C18H22N4O/c1-14-9-11-22(12-10-14)17-8-7-16(20-21-17)19-18(23)13-15-5-3-2-4-6-15/h2-8,14H,9-13H2,1H3,(H,19,20,23). The van der Waals surface area contributed by atoms with Crippen molar-refractivity contribution in [1.82, 2.24) is 10.2 Å². The minimum Gasteiger partial charge on any atom is -0.355 e. The summed E-state index contributed by atoms with van der Waals surface area (Å²) in [4.78, 5) is 14.3. The molecule has 3 rings (SSSR count). The highest BCUT2D eigenvalue weighted by atomic mass is 16.1. The molecule has 0 bridgehead atoms. The molecule has 5 heteroatoms. The summed E-state index contributed by atoms with van der Waals surface area (Å²) in [6, 6.07) is 13.4. The van der Waals surface area contributed by atoms with Gasteiger partial charge in [-0.05, 0) is 36.5 Å². The zero-order valence-electron chi connectivity index (χ0n) is 13.4. The molecule has 0 radical (unpaired) electrons. The first-order valence-corrected chi connectivity index (χ1v) is 8.13. The lowest BCUT2D eigenvalue weighted by atomic mass is 9.99. The topological polar surface area (TPSA) is 58.1 Å². The summed E-state index contributed by atoms with van der Waals surface area (Å²) in [5, 5.41) is 11.2. The average molecular weight is 310 g/mol. The lowest BCUT2D eigenvalue weighted by Crippen LogP contribution is -2.33. The number of benzene rings is 1. The smallest absolute Gasteiger partial charge is 0.229 e. The van der Waals surface area contributed by atoms with E-state index < -0.39 is 0 Å². The molecule has 1 fully saturated rings. The summed E-state index contributed by atoms with van der Waals surface area (Å²) >= 11 is 0. The fraction of sp³-hybridized carbons (Fsp3) is 0.389. The number of carbonyl (C=O) groups is 1. The third-order valence-electron chi connectivity index (χ3n) is 4.23. The Bertz CT molecular complexity index is 634. The molecule has 1 aliphatic rings. The summed E-state index contributed by atoms with van der Waals surface area (Å²) in [6.45, 7) is 4.33. The van der Waals surface area contributed by atoms with Crippen LogP contribution in [0.3, 0.4) is 0 Å². The molecule has 2 heterocycles. The molecule has 5 nitrogen and oxygen atoms in total. The molecule has 0 aliphatic carbocycles. The highest BCUT2D eigenvalue weighted by Gasteiger charge is 2.17. The highest BCUT2D eigenvalue weighted by Crippen LogP contribution is 2.21. The SMILES string of the molecule is CC1CCN(c2ccc(NC(=O)Cc3ccccc3)nn2)CC1. The van der Waals surface area contributed by atoms with Crippen LogP contribution in [-0.2, 0) is 11.2 Å². The van der Waals surface area contributed by atoms with Crippen LogP contribution in [0, 0.1) is 5.92 Å². The minimum atomic E-state index is -0.0787. The van der Waals surface area contributed by atoms with E-state index in [-0.39, 0.29) is 5.91 Å². The summed E-state index contributed by atoms with van der Waals surface area (Å²) in [7, 11) is 0. The van der Waals surface area contributed by atoms with E-state index in [4.69, 9.17) is 0 Å². The number of anilines is 2. The van der Waals surface area contributed by atoms with Gasteiger partial charge in [0.1, 0.15) is 0 Å². The van der Waals surface area contributed by atoms with Crippen LogP contribution < -0.4 is 10.2 Å². The van der Waals surface area contributed by atoms with Crippen molar-refractivity contribution in [3.63, 3.8) is 0 Å². The first-order chi connectivity index (χ1) is 11.2. The van der Waals surface area contributed by atoms with Gasteiger partial charge in [-0.2, -0.15) is 0 Å². The van der Waals surface area contributed by atoms with Gasteiger partial charge in [0.2, 0.25) is 5.91 Å². The second-order valence-corrected chi connectivity index (χ2v) is 6.16. The van der Waals surface area contributed by atoms with Gasteiger partial charge in [0.15, 0.2) is 11.6 Å². The zero-order valence-corrected chi connectivity index (χ0v) is 13.4. The lowest BCUT2D eigenvalue weighted by Gasteiger charge is -2.30. The maximum Gasteiger partial charge on any atom is 0.229 e. The number of aromatic nitrogens is 2. The molecule has 1 aromatic heterocycles. The molecule has 2 aromatic rings. The normalized spacial score (nSPS) is 15.4. The van der Waals surface area contributed by atoms with Gasteiger partial charge in [-0.1, -0.05) is 37.3 Å². The molecule has 0 atom stereocenters. The third kappa shape index (κ3) is 4.28. The Labute approximate surface area is 136 Å². The van der Waals surface area contributed by atoms with Crippen LogP contribution in [0.2, 0.25) is 0 Å². The van der Waals surface area contributed by atoms with Crippen molar-refractivity contribution in [3.8, 4) is 0 Å². The first-order valence-electron chi connectivity index (χ1n) is 8.13. The third-order valence-corrected chi connectivity index (χ3v) is 4.23. The van der Waals surface area contributed by atoms with Crippen molar-refractivity contribution in [2.45, 2.75) is 26.2 Å². The number of piperidine rings is 1. The summed E-state index contributed by atoms with van der Waals surface area (Å²) in [5.74, 6) is 2.10. The van der Waals surface area contributed by atoms with E-state index in [1.165, 1.54) is 12.8 Å². The highest BCUT2D eigenvalue weighted by molar-refractivity contribution is 5.91. The lowest BCUT2D eigenvalue weighted by molar-refractivity contribution is -0.115. The molecule has 120 valence electrons. The van der Waals surface area contributed by atoms with Gasteiger partial charge in [0, 0.05) is 13.1 Å². The van der Waals surface area contributed by atoms with Crippen molar-refractivity contribution in [1.29, 1.82) is 0 Å². The quantitative estimate of drug-likeness (QED) is 0.943. The largest absolute Gasteiger partial charge is 0.355 e. The van der Waals surface area contributed by atoms with Crippen LogP contribution in [0.25, 0.3) is 0 Å². The number of rotatable bonds is 4. The van der Waals surface area contributed by atoms with Gasteiger partial charge >= 0.3 is 0 Å². The molecule has 23 heavy (non-hydrogen) atoms. The maximum atomic E-state index is 12.0. The summed E-state index contributed by atoms with van der Waals surface area (Å²) in [6.07, 6.45) is 2.72. The zero-order chi connectivity index (χ0) is 16.1. The molecule has 0 saturated carbocycles. The van der Waals surface area contributed by atoms with Crippen LogP contribution >= 0.6 is 0 Å². The Hall–Kier alpha value is -2.43. The van der Waals surface area contributed by atoms with Crippen LogP contribution in [-0.4, -0.2) is 29.2 Å². The Morgan fingerprint density at radius 1 is 1.13 bits per heavy atom. The number of hydrogen-bond acceptors (Lipinski definition) is 4. The summed E-state index contributed by atoms with van der Waals surface area (Å²) in [5.41, 5.74) is 0.983. The number of hydrogen-bond donors (Lipinski definition) is 1. The van der Waals surface area contributed by atoms with Crippen LogP contribution in [0.4, 0.5) is 11.6 Å². The number of nitrogens with one attached hydrogen (secondary N) is 1. The fourth-order valence-corrected chi connectivity index (χ4v) is 2.77. The minimum absolute atomic E-state index is 0.0787. The molecule has 1 N–H and O–H groups in total. The number of amides is 1. The summed E-state index contributed by atoms with van der Waals surface area (Å²) < 4.78 is 0. The molecular weight excluding hydrogens is 288 g/mol. The number of carbonyl (C=O) groups excluding carboxylic acids is 1. The monoisotopic (exact) mass is 310 g/mol. The van der Waals surface area contributed by atoms with Crippen molar-refractivity contribution in [3.05, 3.63) is 48.0 Å². The first kappa shape index (κ1) is 15.5. The second-order valence-electron chi connectivity index (χ2n) is 6.16. The van der Waals surface area contributed by atoms with Gasteiger partial charge in [-0.15, -0.1) is 10.2 Å². The van der Waals surface area contributed by atoms with E-state index in [2.05, 4.69) is 27.3 Å². The predicted molar refractivity (Wildman–Crippen MR) is 91.4 cm³/mol. The molecule has 1 amide bonds. The number of nitrogens with zero attached hydrogens (tertiary/aromatic N) is 3. The predicted octanol–water partition coefficient (Wildman–Crippen LogP) is 2.89. The van der Waals surface area contributed by atoms with E-state index in [1.54, 1.807) is 0 Å². The van der Waals surface area contributed by atoms with Crippen LogP contribution in [0.1, 0.15) is 25.3 Å². The Kier molecular flexibility index (Phi) is 4.86.